The highest BCUT2D eigenvalue weighted by Gasteiger charge is 2.17. The summed E-state index contributed by atoms with van der Waals surface area (Å²) in [6, 6.07) is 6.16. The molecular weight excluding hydrogens is 371 g/mol. The molecule has 156 valence electrons. The minimum absolute atomic E-state index is 0.0535. The van der Waals surface area contributed by atoms with Crippen LogP contribution in [0, 0.1) is 12.7 Å². The van der Waals surface area contributed by atoms with E-state index in [1.165, 1.54) is 12.1 Å². The van der Waals surface area contributed by atoms with Crippen molar-refractivity contribution in [1.29, 1.82) is 0 Å². The van der Waals surface area contributed by atoms with Gasteiger partial charge in [0, 0.05) is 13.0 Å². The molecule has 0 aliphatic heterocycles. The van der Waals surface area contributed by atoms with Gasteiger partial charge in [-0.25, -0.2) is 4.39 Å². The predicted molar refractivity (Wildman–Crippen MR) is 111 cm³/mol. The number of fused-ring (bicyclic) bond motifs is 1. The minimum atomic E-state index is -0.280. The highest BCUT2D eigenvalue weighted by molar-refractivity contribution is 5.79. The van der Waals surface area contributed by atoms with E-state index in [1.54, 1.807) is 18.3 Å². The molecule has 1 N–H and O–H groups in total. The number of hydrogen-bond donors (Lipinski definition) is 1. The molecular formula is C21H29FN6O. The first-order valence-corrected chi connectivity index (χ1v) is 9.97. The largest absolute Gasteiger partial charge is 0.349 e. The van der Waals surface area contributed by atoms with Gasteiger partial charge in [-0.15, -0.1) is 0 Å². The van der Waals surface area contributed by atoms with Crippen LogP contribution in [0.2, 0.25) is 0 Å². The number of amides is 1. The molecule has 1 unspecified atom stereocenters. The van der Waals surface area contributed by atoms with E-state index in [0.29, 0.717) is 13.0 Å². The summed E-state index contributed by atoms with van der Waals surface area (Å²) in [5.74, 6) is -0.334. The fourth-order valence-electron chi connectivity index (χ4n) is 3.51. The highest BCUT2D eigenvalue weighted by atomic mass is 19.1. The van der Waals surface area contributed by atoms with Gasteiger partial charge in [-0.05, 0) is 58.6 Å². The molecule has 0 saturated carbocycles. The summed E-state index contributed by atoms with van der Waals surface area (Å²) in [4.78, 5) is 14.7. The second-order valence-electron chi connectivity index (χ2n) is 7.52. The molecule has 1 aromatic carbocycles. The third-order valence-corrected chi connectivity index (χ3v) is 5.03. The van der Waals surface area contributed by atoms with E-state index in [-0.39, 0.29) is 17.8 Å². The number of halogens is 1. The quantitative estimate of drug-likeness (QED) is 0.600. The average Bonchev–Trinajstić information content (AvgIpc) is 3.25. The number of hydrogen-bond acceptors (Lipinski definition) is 4. The molecule has 1 atom stereocenters. The smallest absolute Gasteiger partial charge is 0.222 e. The van der Waals surface area contributed by atoms with Crippen molar-refractivity contribution in [3.63, 3.8) is 0 Å². The van der Waals surface area contributed by atoms with Crippen LogP contribution in [0.3, 0.4) is 0 Å². The van der Waals surface area contributed by atoms with Gasteiger partial charge in [0.05, 0.1) is 24.5 Å². The summed E-state index contributed by atoms with van der Waals surface area (Å²) in [5.41, 5.74) is 3.78. The Morgan fingerprint density at radius 3 is 2.62 bits per heavy atom. The standard InChI is InChI=1S/C21H29FN6O/c1-5-27-19-14-23-28(21(19)15(2)25-27)13-11-20(29)24-18(10-12-26(3)4)16-6-8-17(22)9-7-16/h6-9,14,18H,5,10-13H2,1-4H3,(H,24,29). The number of nitrogens with zero attached hydrogens (tertiary/aromatic N) is 5. The highest BCUT2D eigenvalue weighted by Crippen LogP contribution is 2.20. The number of rotatable bonds is 9. The van der Waals surface area contributed by atoms with Crippen LogP contribution in [0.1, 0.15) is 37.1 Å². The van der Waals surface area contributed by atoms with Crippen molar-refractivity contribution < 1.29 is 9.18 Å². The predicted octanol–water partition coefficient (Wildman–Crippen LogP) is 2.90. The Hall–Kier alpha value is -2.74. The number of nitrogens with one attached hydrogen (secondary N) is 1. The van der Waals surface area contributed by atoms with Crippen molar-refractivity contribution in [2.75, 3.05) is 20.6 Å². The second kappa shape index (κ2) is 9.17. The molecule has 0 fully saturated rings. The number of aryl methyl sites for hydroxylation is 3. The number of aromatic nitrogens is 4. The van der Waals surface area contributed by atoms with E-state index in [1.807, 2.05) is 37.3 Å². The Morgan fingerprint density at radius 1 is 1.24 bits per heavy atom. The molecule has 2 heterocycles. The maximum Gasteiger partial charge on any atom is 0.222 e. The molecule has 2 aromatic heterocycles. The number of benzene rings is 1. The van der Waals surface area contributed by atoms with E-state index in [4.69, 9.17) is 0 Å². The van der Waals surface area contributed by atoms with Crippen molar-refractivity contribution in [3.05, 3.63) is 47.5 Å². The zero-order valence-corrected chi connectivity index (χ0v) is 17.5. The van der Waals surface area contributed by atoms with Gasteiger partial charge in [-0.1, -0.05) is 12.1 Å². The molecule has 1 amide bonds. The normalized spacial score (nSPS) is 12.6. The molecule has 3 aromatic rings. The Kier molecular flexibility index (Phi) is 6.64. The molecule has 0 aliphatic carbocycles. The van der Waals surface area contributed by atoms with Gasteiger partial charge in [0.25, 0.3) is 0 Å². The Labute approximate surface area is 170 Å². The van der Waals surface area contributed by atoms with Crippen molar-refractivity contribution in [2.24, 2.45) is 0 Å². The van der Waals surface area contributed by atoms with E-state index in [0.717, 1.165) is 41.8 Å². The summed E-state index contributed by atoms with van der Waals surface area (Å²) >= 11 is 0. The first-order valence-electron chi connectivity index (χ1n) is 9.97. The van der Waals surface area contributed by atoms with Gasteiger partial charge >= 0.3 is 0 Å². The van der Waals surface area contributed by atoms with Crippen LogP contribution in [-0.4, -0.2) is 51.0 Å². The van der Waals surface area contributed by atoms with Crippen LogP contribution in [0.5, 0.6) is 0 Å². The van der Waals surface area contributed by atoms with Gasteiger partial charge in [0.15, 0.2) is 0 Å². The summed E-state index contributed by atoms with van der Waals surface area (Å²) in [7, 11) is 3.98. The van der Waals surface area contributed by atoms with Crippen LogP contribution in [-0.2, 0) is 17.9 Å². The summed E-state index contributed by atoms with van der Waals surface area (Å²) in [6.45, 7) is 6.08. The van der Waals surface area contributed by atoms with Crippen molar-refractivity contribution in [2.45, 2.75) is 45.8 Å². The molecule has 3 rings (SSSR count). The summed E-state index contributed by atoms with van der Waals surface area (Å²) in [6.07, 6.45) is 2.86. The zero-order valence-electron chi connectivity index (χ0n) is 17.5. The second-order valence-corrected chi connectivity index (χ2v) is 7.52. The lowest BCUT2D eigenvalue weighted by molar-refractivity contribution is -0.122. The molecule has 0 spiro atoms. The fourth-order valence-corrected chi connectivity index (χ4v) is 3.51. The van der Waals surface area contributed by atoms with E-state index in [2.05, 4.69) is 20.4 Å². The van der Waals surface area contributed by atoms with Crippen LogP contribution < -0.4 is 5.32 Å². The van der Waals surface area contributed by atoms with Crippen LogP contribution in [0.25, 0.3) is 11.0 Å². The molecule has 0 aliphatic rings. The minimum Gasteiger partial charge on any atom is -0.349 e. The molecule has 0 saturated heterocycles. The van der Waals surface area contributed by atoms with Crippen LogP contribution >= 0.6 is 0 Å². The SMILES string of the molecule is CCn1nc(C)c2c1cnn2CCC(=O)NC(CCN(C)C)c1ccc(F)cc1. The van der Waals surface area contributed by atoms with E-state index in [9.17, 15) is 9.18 Å². The van der Waals surface area contributed by atoms with Gasteiger partial charge in [-0.3, -0.25) is 14.2 Å². The average molecular weight is 401 g/mol. The third-order valence-electron chi connectivity index (χ3n) is 5.03. The maximum absolute atomic E-state index is 13.3. The molecule has 0 radical (unpaired) electrons. The number of carbonyl (C=O) groups excluding carboxylic acids is 1. The molecule has 29 heavy (non-hydrogen) atoms. The van der Waals surface area contributed by atoms with Crippen LogP contribution in [0.4, 0.5) is 4.39 Å². The first kappa shape index (κ1) is 21.0. The van der Waals surface area contributed by atoms with Crippen molar-refractivity contribution in [1.82, 2.24) is 29.8 Å². The lowest BCUT2D eigenvalue weighted by atomic mass is 10.0. The first-order chi connectivity index (χ1) is 13.9. The van der Waals surface area contributed by atoms with E-state index < -0.39 is 0 Å². The van der Waals surface area contributed by atoms with Crippen molar-refractivity contribution in [3.8, 4) is 0 Å². The number of carbonyl (C=O) groups is 1. The van der Waals surface area contributed by atoms with Gasteiger partial charge in [-0.2, -0.15) is 10.2 Å². The molecule has 8 heteroatoms. The summed E-state index contributed by atoms with van der Waals surface area (Å²) in [5, 5.41) is 12.0. The lowest BCUT2D eigenvalue weighted by Gasteiger charge is -2.21. The topological polar surface area (TPSA) is 68.0 Å². The summed E-state index contributed by atoms with van der Waals surface area (Å²) < 4.78 is 17.0. The Bertz CT molecular complexity index is 960. The zero-order chi connectivity index (χ0) is 21.0. The van der Waals surface area contributed by atoms with Gasteiger partial charge in [0.1, 0.15) is 16.9 Å². The Morgan fingerprint density at radius 2 is 1.97 bits per heavy atom. The van der Waals surface area contributed by atoms with Crippen molar-refractivity contribution >= 4 is 16.9 Å². The van der Waals surface area contributed by atoms with Gasteiger partial charge < -0.3 is 10.2 Å². The lowest BCUT2D eigenvalue weighted by Crippen LogP contribution is -2.31. The van der Waals surface area contributed by atoms with Crippen LogP contribution in [0.15, 0.2) is 30.5 Å². The molecule has 7 nitrogen and oxygen atoms in total. The van der Waals surface area contributed by atoms with Gasteiger partial charge in [0.2, 0.25) is 5.91 Å². The fraction of sp³-hybridized carbons (Fsp3) is 0.476. The maximum atomic E-state index is 13.3. The van der Waals surface area contributed by atoms with E-state index >= 15 is 0 Å². The Balaban J connectivity index is 1.67. The monoisotopic (exact) mass is 400 g/mol. The molecule has 0 bridgehead atoms. The third kappa shape index (κ3) is 5.00.